The van der Waals surface area contributed by atoms with E-state index in [2.05, 4.69) is 0 Å². The van der Waals surface area contributed by atoms with Crippen LogP contribution in [0, 0.1) is 0 Å². The first-order valence-electron chi connectivity index (χ1n) is 18.7. The monoisotopic (exact) mass is 806 g/mol. The Balaban J connectivity index is 0.922. The molecule has 0 bridgehead atoms. The van der Waals surface area contributed by atoms with Crippen LogP contribution in [0.3, 0.4) is 0 Å². The predicted octanol–water partition coefficient (Wildman–Crippen LogP) is 9.90. The minimum Gasteiger partial charge on any atom is -0.431 e. The lowest BCUT2D eigenvalue weighted by molar-refractivity contribution is -0.414. The van der Waals surface area contributed by atoms with Crippen LogP contribution in [-0.2, 0) is 32.6 Å². The van der Waals surface area contributed by atoms with E-state index >= 15 is 0 Å². The van der Waals surface area contributed by atoms with Crippen LogP contribution >= 0.6 is 0 Å². The van der Waals surface area contributed by atoms with Crippen molar-refractivity contribution in [3.63, 3.8) is 0 Å². The van der Waals surface area contributed by atoms with Gasteiger partial charge in [0, 0.05) is 0 Å². The molecule has 0 aliphatic carbocycles. The van der Waals surface area contributed by atoms with Crippen molar-refractivity contribution < 1.29 is 57.6 Å². The highest BCUT2D eigenvalue weighted by atomic mass is 17.3. The van der Waals surface area contributed by atoms with Gasteiger partial charge in [0.25, 0.3) is 0 Å². The van der Waals surface area contributed by atoms with Gasteiger partial charge in [0.2, 0.25) is 0 Å². The maximum absolute atomic E-state index is 13.3. The molecule has 7 rings (SSSR count). The molecule has 0 spiro atoms. The fraction of sp³-hybridized carbons (Fsp3) is 0.0833. The number of carbonyl (C=O) groups excluding carboxylic acids is 2. The summed E-state index contributed by atoms with van der Waals surface area (Å²) >= 11 is 0. The summed E-state index contributed by atoms with van der Waals surface area (Å²) in [5.74, 6) is 1.21. The summed E-state index contributed by atoms with van der Waals surface area (Å²) in [5.41, 5.74) is 2.29. The van der Waals surface area contributed by atoms with Crippen molar-refractivity contribution in [2.24, 2.45) is 0 Å². The van der Waals surface area contributed by atoms with Gasteiger partial charge in [0.1, 0.15) is 42.0 Å². The van der Waals surface area contributed by atoms with Crippen LogP contribution in [0.2, 0.25) is 0 Å². The van der Waals surface area contributed by atoms with E-state index in [-0.39, 0.29) is 18.8 Å². The van der Waals surface area contributed by atoms with E-state index < -0.39 is 24.9 Å². The Bertz CT molecular complexity index is 2340. The molecule has 0 saturated heterocycles. The van der Waals surface area contributed by atoms with Crippen LogP contribution in [0.5, 0.6) is 34.5 Å². The van der Waals surface area contributed by atoms with Gasteiger partial charge in [0.05, 0.1) is 11.1 Å². The molecule has 2 atom stereocenters. The van der Waals surface area contributed by atoms with E-state index in [1.54, 1.807) is 146 Å². The van der Waals surface area contributed by atoms with E-state index in [9.17, 15) is 9.59 Å². The Labute approximate surface area is 345 Å². The quantitative estimate of drug-likeness (QED) is 0.0239. The molecule has 0 aliphatic heterocycles. The first-order chi connectivity index (χ1) is 29.5. The summed E-state index contributed by atoms with van der Waals surface area (Å²) in [6.45, 7) is -2.50. The molecule has 12 heteroatoms. The van der Waals surface area contributed by atoms with E-state index in [1.165, 1.54) is 0 Å². The summed E-state index contributed by atoms with van der Waals surface area (Å²) in [6.07, 6.45) is 0. The number of hydrogen-bond donors (Lipinski definition) is 0. The molecule has 60 heavy (non-hydrogen) atoms. The van der Waals surface area contributed by atoms with Gasteiger partial charge < -0.3 is 33.3 Å². The van der Waals surface area contributed by atoms with Crippen molar-refractivity contribution in [3.05, 3.63) is 216 Å². The number of benzene rings is 7. The van der Waals surface area contributed by atoms with Gasteiger partial charge in [-0.1, -0.05) is 97.1 Å². The Kier molecular flexibility index (Phi) is 14.3. The average Bonchev–Trinajstić information content (AvgIpc) is 3.29. The smallest absolute Gasteiger partial charge is 0.408 e. The second-order valence-corrected chi connectivity index (χ2v) is 12.7. The molecule has 0 amide bonds. The number of ether oxygens (including phenoxy) is 6. The zero-order valence-electron chi connectivity index (χ0n) is 31.9. The largest absolute Gasteiger partial charge is 0.431 e. The van der Waals surface area contributed by atoms with Crippen LogP contribution in [0.25, 0.3) is 0 Å². The molecule has 0 aliphatic rings. The third-order valence-electron chi connectivity index (χ3n) is 8.27. The third-order valence-corrected chi connectivity index (χ3v) is 8.27. The van der Waals surface area contributed by atoms with Crippen molar-refractivity contribution in [2.75, 3.05) is 0 Å². The predicted molar refractivity (Wildman–Crippen MR) is 217 cm³/mol. The topological polar surface area (TPSA) is 126 Å². The lowest BCUT2D eigenvalue weighted by Crippen LogP contribution is -2.30. The molecular weight excluding hydrogens is 769 g/mol. The van der Waals surface area contributed by atoms with Crippen LogP contribution in [0.15, 0.2) is 194 Å². The molecule has 0 heterocycles. The summed E-state index contributed by atoms with van der Waals surface area (Å²) in [6, 6.07) is 55.5. The van der Waals surface area contributed by atoms with Crippen molar-refractivity contribution in [2.45, 2.75) is 26.2 Å². The zero-order valence-corrected chi connectivity index (χ0v) is 31.9. The van der Waals surface area contributed by atoms with Gasteiger partial charge >= 0.3 is 24.9 Å². The summed E-state index contributed by atoms with van der Waals surface area (Å²) < 4.78 is 34.7. The number of rotatable bonds is 20. The van der Waals surface area contributed by atoms with Crippen LogP contribution in [0.1, 0.15) is 31.8 Å². The summed E-state index contributed by atoms with van der Waals surface area (Å²) in [7, 11) is 0. The second kappa shape index (κ2) is 21.2. The van der Waals surface area contributed by atoms with E-state index in [0.717, 1.165) is 5.56 Å². The second-order valence-electron chi connectivity index (χ2n) is 12.7. The number of carbonyl (C=O) groups is 2. The van der Waals surface area contributed by atoms with E-state index in [4.69, 9.17) is 48.0 Å². The van der Waals surface area contributed by atoms with Crippen LogP contribution in [-0.4, -0.2) is 24.9 Å². The van der Waals surface area contributed by atoms with Gasteiger partial charge in [-0.3, -0.25) is 0 Å². The summed E-state index contributed by atoms with van der Waals surface area (Å²) in [5, 5.41) is 0. The zero-order chi connectivity index (χ0) is 41.2. The van der Waals surface area contributed by atoms with Crippen LogP contribution < -0.4 is 28.6 Å². The van der Waals surface area contributed by atoms with Crippen molar-refractivity contribution in [1.82, 2.24) is 0 Å². The molecule has 0 fully saturated rings. The minimum atomic E-state index is -1.43. The van der Waals surface area contributed by atoms with Gasteiger partial charge in [0.15, 0.2) is 5.75 Å². The molecule has 0 radical (unpaired) electrons. The highest BCUT2D eigenvalue weighted by Gasteiger charge is 2.21. The Hall–Kier alpha value is -7.64. The minimum absolute atomic E-state index is 0.0262. The SMILES string of the molecule is O=C(Oc1ccc(OC(OOCc2ccc(C(=O)OC(Oc3ccccc3)Oc3ccc(OOCc4ccccc4)cc3)cc2)Oc2ccccc2)cc1)c1ccccc1. The molecule has 7 aromatic rings. The summed E-state index contributed by atoms with van der Waals surface area (Å²) in [4.78, 5) is 47.5. The fourth-order valence-corrected chi connectivity index (χ4v) is 5.27. The Morgan fingerprint density at radius 3 is 1.35 bits per heavy atom. The molecule has 12 nitrogen and oxygen atoms in total. The van der Waals surface area contributed by atoms with Gasteiger partial charge in [-0.15, -0.1) is 0 Å². The van der Waals surface area contributed by atoms with Gasteiger partial charge in [-0.25, -0.2) is 14.5 Å². The molecule has 0 aromatic heterocycles. The highest BCUT2D eigenvalue weighted by Crippen LogP contribution is 2.24. The normalized spacial score (nSPS) is 11.7. The van der Waals surface area contributed by atoms with Crippen molar-refractivity contribution >= 4 is 11.9 Å². The first kappa shape index (κ1) is 40.6. The number of hydrogen-bond acceptors (Lipinski definition) is 12. The fourth-order valence-electron chi connectivity index (χ4n) is 5.27. The molecule has 0 saturated carbocycles. The van der Waals surface area contributed by atoms with Crippen molar-refractivity contribution in [3.8, 4) is 34.5 Å². The Morgan fingerprint density at radius 2 is 0.783 bits per heavy atom. The van der Waals surface area contributed by atoms with Gasteiger partial charge in [-0.2, -0.15) is 9.78 Å². The molecule has 0 N–H and O–H groups in total. The van der Waals surface area contributed by atoms with E-state index in [1.807, 2.05) is 48.5 Å². The lowest BCUT2D eigenvalue weighted by atomic mass is 10.1. The maximum atomic E-state index is 13.3. The average molecular weight is 807 g/mol. The molecule has 302 valence electrons. The van der Waals surface area contributed by atoms with Gasteiger partial charge in [-0.05, 0) is 108 Å². The molecule has 2 unspecified atom stereocenters. The molecular formula is C48H38O12. The maximum Gasteiger partial charge on any atom is 0.408 e. The molecule has 7 aromatic carbocycles. The first-order valence-corrected chi connectivity index (χ1v) is 18.7. The number of esters is 2. The highest BCUT2D eigenvalue weighted by molar-refractivity contribution is 5.91. The Morgan fingerprint density at radius 1 is 0.367 bits per heavy atom. The lowest BCUT2D eigenvalue weighted by Gasteiger charge is -2.20. The van der Waals surface area contributed by atoms with Crippen LogP contribution in [0.4, 0.5) is 0 Å². The van der Waals surface area contributed by atoms with Crippen molar-refractivity contribution in [1.29, 1.82) is 0 Å². The standard InChI is InChI=1S/C48H38O12/c49-45(37-15-7-2-8-16-37)53-41-25-27-43(28-26-41)57-48(56-40-19-11-4-12-20-40)60-52-34-36-21-23-38(24-22-36)46(50)58-47(54-39-17-9-3-10-18-39)55-42-29-31-44(32-30-42)59-51-33-35-13-5-1-6-14-35/h1-32,47-48H,33-34H2. The van der Waals surface area contributed by atoms with E-state index in [0.29, 0.717) is 45.6 Å². The number of para-hydroxylation sites is 2. The third kappa shape index (κ3) is 12.7.